The Balaban J connectivity index is 1.95. The van der Waals surface area contributed by atoms with E-state index in [1.807, 2.05) is 37.3 Å². The molecule has 0 spiro atoms. The molecule has 21 heavy (non-hydrogen) atoms. The summed E-state index contributed by atoms with van der Waals surface area (Å²) < 4.78 is 6.29. The number of aromatic nitrogens is 4. The van der Waals surface area contributed by atoms with Gasteiger partial charge in [-0.3, -0.25) is 0 Å². The van der Waals surface area contributed by atoms with Crippen LogP contribution in [-0.4, -0.2) is 39.0 Å². The summed E-state index contributed by atoms with van der Waals surface area (Å²) in [5, 5.41) is 12.5. The molecule has 0 amide bonds. The highest BCUT2D eigenvalue weighted by Crippen LogP contribution is 2.20. The summed E-state index contributed by atoms with van der Waals surface area (Å²) in [5.41, 5.74) is 1.89. The van der Waals surface area contributed by atoms with Crippen molar-refractivity contribution in [3.05, 3.63) is 42.0 Å². The minimum atomic E-state index is -0.327. The summed E-state index contributed by atoms with van der Waals surface area (Å²) in [4.78, 5) is 11.1. The third kappa shape index (κ3) is 4.42. The van der Waals surface area contributed by atoms with E-state index in [0.717, 1.165) is 28.6 Å². The molecule has 1 aromatic heterocycles. The minimum absolute atomic E-state index is 0.327. The lowest BCUT2D eigenvalue weighted by atomic mass is 10.2. The maximum Gasteiger partial charge on any atom is 0.330 e. The SMILES string of the molecule is COC(=O)C=C(C)CCSc1nnnn1-c1ccccc1. The molecule has 2 rings (SSSR count). The second-order valence-corrected chi connectivity index (χ2v) is 5.38. The molecule has 0 saturated heterocycles. The number of hydrogen-bond donors (Lipinski definition) is 0. The van der Waals surface area contributed by atoms with Gasteiger partial charge in [0.1, 0.15) is 0 Å². The fraction of sp³-hybridized carbons (Fsp3) is 0.286. The lowest BCUT2D eigenvalue weighted by Crippen LogP contribution is -1.99. The molecule has 0 radical (unpaired) electrons. The molecule has 0 bridgehead atoms. The first-order valence-electron chi connectivity index (χ1n) is 6.42. The van der Waals surface area contributed by atoms with Gasteiger partial charge >= 0.3 is 5.97 Å². The number of methoxy groups -OCH3 is 1. The third-order valence-electron chi connectivity index (χ3n) is 2.73. The van der Waals surface area contributed by atoms with Crippen molar-refractivity contribution in [3.8, 4) is 5.69 Å². The summed E-state index contributed by atoms with van der Waals surface area (Å²) in [7, 11) is 1.37. The lowest BCUT2D eigenvalue weighted by molar-refractivity contribution is -0.134. The predicted molar refractivity (Wildman–Crippen MR) is 80.3 cm³/mol. The number of tetrazole rings is 1. The molecule has 0 aliphatic carbocycles. The highest BCUT2D eigenvalue weighted by molar-refractivity contribution is 7.99. The van der Waals surface area contributed by atoms with Crippen LogP contribution in [0, 0.1) is 0 Å². The van der Waals surface area contributed by atoms with Gasteiger partial charge in [0, 0.05) is 11.8 Å². The summed E-state index contributed by atoms with van der Waals surface area (Å²) >= 11 is 1.55. The number of para-hydroxylation sites is 1. The number of benzene rings is 1. The van der Waals surface area contributed by atoms with Gasteiger partial charge in [-0.05, 0) is 35.9 Å². The van der Waals surface area contributed by atoms with Crippen LogP contribution in [0.15, 0.2) is 47.1 Å². The molecule has 0 unspecified atom stereocenters. The van der Waals surface area contributed by atoms with E-state index in [4.69, 9.17) is 0 Å². The molecule has 0 N–H and O–H groups in total. The lowest BCUT2D eigenvalue weighted by Gasteiger charge is -2.04. The highest BCUT2D eigenvalue weighted by atomic mass is 32.2. The van der Waals surface area contributed by atoms with Crippen molar-refractivity contribution in [2.24, 2.45) is 0 Å². The van der Waals surface area contributed by atoms with Crippen LogP contribution in [0.5, 0.6) is 0 Å². The summed E-state index contributed by atoms with van der Waals surface area (Å²) in [5.74, 6) is 0.457. The van der Waals surface area contributed by atoms with Crippen LogP contribution in [0.1, 0.15) is 13.3 Å². The molecule has 1 aromatic carbocycles. The molecule has 110 valence electrons. The molecule has 1 heterocycles. The van der Waals surface area contributed by atoms with Crippen LogP contribution < -0.4 is 0 Å². The van der Waals surface area contributed by atoms with Crippen molar-refractivity contribution in [1.29, 1.82) is 0 Å². The quantitative estimate of drug-likeness (QED) is 0.463. The Kier molecular flexibility index (Phi) is 5.51. The number of carbonyl (C=O) groups excluding carboxylic acids is 1. The number of rotatable bonds is 6. The zero-order valence-electron chi connectivity index (χ0n) is 11.9. The summed E-state index contributed by atoms with van der Waals surface area (Å²) in [6.45, 7) is 1.90. The van der Waals surface area contributed by atoms with Crippen LogP contribution >= 0.6 is 11.8 Å². The highest BCUT2D eigenvalue weighted by Gasteiger charge is 2.08. The van der Waals surface area contributed by atoms with E-state index >= 15 is 0 Å². The predicted octanol–water partition coefficient (Wildman–Crippen LogP) is 2.26. The van der Waals surface area contributed by atoms with Crippen molar-refractivity contribution < 1.29 is 9.53 Å². The monoisotopic (exact) mass is 304 g/mol. The molecule has 7 heteroatoms. The molecule has 6 nitrogen and oxygen atoms in total. The third-order valence-corrected chi connectivity index (χ3v) is 3.66. The average molecular weight is 304 g/mol. The van der Waals surface area contributed by atoms with Crippen molar-refractivity contribution in [1.82, 2.24) is 20.2 Å². The van der Waals surface area contributed by atoms with Gasteiger partial charge in [0.05, 0.1) is 12.8 Å². The van der Waals surface area contributed by atoms with Crippen molar-refractivity contribution in [3.63, 3.8) is 0 Å². The van der Waals surface area contributed by atoms with Gasteiger partial charge in [0.15, 0.2) is 0 Å². The molecule has 0 saturated carbocycles. The Hall–Kier alpha value is -2.15. The van der Waals surface area contributed by atoms with E-state index in [1.54, 1.807) is 16.4 Å². The largest absolute Gasteiger partial charge is 0.466 e. The van der Waals surface area contributed by atoms with Gasteiger partial charge < -0.3 is 4.74 Å². The second kappa shape index (κ2) is 7.58. The van der Waals surface area contributed by atoms with Crippen molar-refractivity contribution in [2.75, 3.05) is 12.9 Å². The van der Waals surface area contributed by atoms with Crippen LogP contribution in [-0.2, 0) is 9.53 Å². The Labute approximate surface area is 127 Å². The van der Waals surface area contributed by atoms with Crippen LogP contribution in [0.4, 0.5) is 0 Å². The van der Waals surface area contributed by atoms with Crippen LogP contribution in [0.25, 0.3) is 5.69 Å². The number of hydrogen-bond acceptors (Lipinski definition) is 6. The number of ether oxygens (including phenoxy) is 1. The first kappa shape index (κ1) is 15.2. The zero-order chi connectivity index (χ0) is 15.1. The standard InChI is InChI=1S/C14H16N4O2S/c1-11(10-13(19)20-2)8-9-21-14-15-16-17-18(14)12-6-4-3-5-7-12/h3-7,10H,8-9H2,1-2H3. The van der Waals surface area contributed by atoms with Crippen LogP contribution in [0.3, 0.4) is 0 Å². The second-order valence-electron chi connectivity index (χ2n) is 4.32. The van der Waals surface area contributed by atoms with Gasteiger partial charge in [0.25, 0.3) is 0 Å². The molecule has 2 aromatic rings. The number of carbonyl (C=O) groups is 1. The molecule has 0 aliphatic heterocycles. The Morgan fingerprint density at radius 2 is 2.14 bits per heavy atom. The maximum atomic E-state index is 11.1. The Morgan fingerprint density at radius 3 is 2.86 bits per heavy atom. The van der Waals surface area contributed by atoms with E-state index < -0.39 is 0 Å². The maximum absolute atomic E-state index is 11.1. The topological polar surface area (TPSA) is 69.9 Å². The minimum Gasteiger partial charge on any atom is -0.466 e. The van der Waals surface area contributed by atoms with Gasteiger partial charge in [0.2, 0.25) is 5.16 Å². The summed E-state index contributed by atoms with van der Waals surface area (Å²) in [6.07, 6.45) is 2.27. The normalized spacial score (nSPS) is 11.4. The van der Waals surface area contributed by atoms with Crippen LogP contribution in [0.2, 0.25) is 0 Å². The molecule has 0 atom stereocenters. The van der Waals surface area contributed by atoms with E-state index in [2.05, 4.69) is 20.3 Å². The number of thioether (sulfide) groups is 1. The molecule has 0 fully saturated rings. The fourth-order valence-electron chi connectivity index (χ4n) is 1.64. The fourth-order valence-corrected chi connectivity index (χ4v) is 2.60. The Morgan fingerprint density at radius 1 is 1.38 bits per heavy atom. The average Bonchev–Trinajstić information content (AvgIpc) is 2.96. The van der Waals surface area contributed by atoms with E-state index in [0.29, 0.717) is 0 Å². The molecular weight excluding hydrogens is 288 g/mol. The summed E-state index contributed by atoms with van der Waals surface area (Å²) in [6, 6.07) is 9.72. The molecule has 0 aliphatic rings. The Bertz CT molecular complexity index is 625. The van der Waals surface area contributed by atoms with Gasteiger partial charge in [-0.15, -0.1) is 5.10 Å². The zero-order valence-corrected chi connectivity index (χ0v) is 12.7. The van der Waals surface area contributed by atoms with Gasteiger partial charge in [-0.2, -0.15) is 4.68 Å². The van der Waals surface area contributed by atoms with E-state index in [-0.39, 0.29) is 5.97 Å². The first-order chi connectivity index (χ1) is 10.2. The smallest absolute Gasteiger partial charge is 0.330 e. The number of allylic oxidation sites excluding steroid dienone is 1. The van der Waals surface area contributed by atoms with Gasteiger partial charge in [-0.1, -0.05) is 35.5 Å². The van der Waals surface area contributed by atoms with Crippen molar-refractivity contribution >= 4 is 17.7 Å². The van der Waals surface area contributed by atoms with Gasteiger partial charge in [-0.25, -0.2) is 4.79 Å². The molecular formula is C14H16N4O2S. The van der Waals surface area contributed by atoms with Crippen molar-refractivity contribution in [2.45, 2.75) is 18.5 Å². The number of nitrogens with zero attached hydrogens (tertiary/aromatic N) is 4. The number of esters is 1. The van der Waals surface area contributed by atoms with E-state index in [9.17, 15) is 4.79 Å². The first-order valence-corrected chi connectivity index (χ1v) is 7.41. The van der Waals surface area contributed by atoms with E-state index in [1.165, 1.54) is 13.2 Å².